The molecule has 0 amide bonds. The Morgan fingerprint density at radius 2 is 2.50 bits per heavy atom. The van der Waals surface area contributed by atoms with E-state index in [1.165, 1.54) is 4.88 Å². The van der Waals surface area contributed by atoms with Crippen LogP contribution in [0, 0.1) is 0 Å². The molecule has 1 aromatic rings. The van der Waals surface area contributed by atoms with E-state index in [1.807, 2.05) is 12.1 Å². The summed E-state index contributed by atoms with van der Waals surface area (Å²) in [5.74, 6) is 0.891. The van der Waals surface area contributed by atoms with Gasteiger partial charge in [0.1, 0.15) is 0 Å². The fraction of sp³-hybridized carbons (Fsp3) is 0.444. The van der Waals surface area contributed by atoms with Gasteiger partial charge in [-0.05, 0) is 19.1 Å². The Labute approximate surface area is 92.2 Å². The largest absolute Gasteiger partial charge is 0.355 e. The van der Waals surface area contributed by atoms with E-state index in [0.717, 1.165) is 23.4 Å². The van der Waals surface area contributed by atoms with Crippen LogP contribution < -0.4 is 10.6 Å². The summed E-state index contributed by atoms with van der Waals surface area (Å²) in [7, 11) is 0. The minimum Gasteiger partial charge on any atom is -0.355 e. The van der Waals surface area contributed by atoms with Gasteiger partial charge in [0.05, 0.1) is 16.9 Å². The van der Waals surface area contributed by atoms with Gasteiger partial charge in [-0.3, -0.25) is 4.99 Å². The minimum atomic E-state index is 0.261. The lowest BCUT2D eigenvalue weighted by Gasteiger charge is -2.13. The summed E-state index contributed by atoms with van der Waals surface area (Å²) >= 11 is 7.47. The molecule has 0 bridgehead atoms. The molecule has 2 rings (SSSR count). The topological polar surface area (TPSA) is 36.4 Å². The Hall–Kier alpha value is -0.740. The maximum absolute atomic E-state index is 5.87. The van der Waals surface area contributed by atoms with E-state index in [4.69, 9.17) is 11.6 Å². The van der Waals surface area contributed by atoms with Crippen molar-refractivity contribution in [2.24, 2.45) is 4.99 Å². The second-order valence-electron chi connectivity index (χ2n) is 3.17. The summed E-state index contributed by atoms with van der Waals surface area (Å²) in [4.78, 5) is 5.50. The summed E-state index contributed by atoms with van der Waals surface area (Å²) in [6.45, 7) is 3.89. The van der Waals surface area contributed by atoms with E-state index in [2.05, 4.69) is 22.5 Å². The number of hydrogen-bond acceptors (Lipinski definition) is 4. The van der Waals surface area contributed by atoms with Gasteiger partial charge in [0.25, 0.3) is 0 Å². The van der Waals surface area contributed by atoms with Crippen molar-refractivity contribution in [3.05, 3.63) is 21.3 Å². The number of guanidine groups is 1. The number of thiophene rings is 1. The molecule has 2 N–H and O–H groups in total. The van der Waals surface area contributed by atoms with Crippen LogP contribution in [0.3, 0.4) is 0 Å². The predicted octanol–water partition coefficient (Wildman–Crippen LogP) is 2.01. The average Bonchev–Trinajstić information content (AvgIpc) is 2.75. The summed E-state index contributed by atoms with van der Waals surface area (Å²) in [6, 6.07) is 4.22. The van der Waals surface area contributed by atoms with E-state index in [9.17, 15) is 0 Å². The first-order valence-corrected chi connectivity index (χ1v) is 5.75. The van der Waals surface area contributed by atoms with Crippen LogP contribution in [-0.4, -0.2) is 19.0 Å². The first-order chi connectivity index (χ1) is 6.75. The number of nitrogens with zero attached hydrogens (tertiary/aromatic N) is 1. The Morgan fingerprint density at radius 3 is 3.07 bits per heavy atom. The van der Waals surface area contributed by atoms with Crippen LogP contribution in [0.15, 0.2) is 17.1 Å². The molecular formula is C9H12ClN3S. The molecule has 1 aliphatic heterocycles. The Kier molecular flexibility index (Phi) is 2.93. The van der Waals surface area contributed by atoms with Gasteiger partial charge in [0.15, 0.2) is 5.96 Å². The third-order valence-corrected chi connectivity index (χ3v) is 3.46. The van der Waals surface area contributed by atoms with Crippen molar-refractivity contribution < 1.29 is 0 Å². The molecule has 2 heterocycles. The van der Waals surface area contributed by atoms with Crippen molar-refractivity contribution in [3.8, 4) is 0 Å². The van der Waals surface area contributed by atoms with Crippen LogP contribution in [0.25, 0.3) is 0 Å². The molecule has 0 saturated carbocycles. The van der Waals surface area contributed by atoms with Gasteiger partial charge in [-0.25, -0.2) is 0 Å². The fourth-order valence-corrected chi connectivity index (χ4v) is 2.40. The molecule has 0 fully saturated rings. The zero-order chi connectivity index (χ0) is 9.97. The zero-order valence-corrected chi connectivity index (χ0v) is 9.45. The molecule has 0 spiro atoms. The summed E-state index contributed by atoms with van der Waals surface area (Å²) in [5, 5.41) is 6.47. The second-order valence-corrected chi connectivity index (χ2v) is 4.91. The molecule has 0 aliphatic carbocycles. The maximum Gasteiger partial charge on any atom is 0.191 e. The lowest BCUT2D eigenvalue weighted by molar-refractivity contribution is 0.715. The molecule has 1 atom stereocenters. The highest BCUT2D eigenvalue weighted by atomic mass is 35.5. The van der Waals surface area contributed by atoms with Crippen molar-refractivity contribution in [1.29, 1.82) is 0 Å². The highest BCUT2D eigenvalue weighted by Crippen LogP contribution is 2.26. The van der Waals surface area contributed by atoms with Crippen molar-refractivity contribution >= 4 is 28.9 Å². The Morgan fingerprint density at radius 1 is 1.64 bits per heavy atom. The molecule has 5 heteroatoms. The number of nitrogens with one attached hydrogen (secondary N) is 2. The molecule has 1 unspecified atom stereocenters. The van der Waals surface area contributed by atoms with Gasteiger partial charge in [0.2, 0.25) is 0 Å². The van der Waals surface area contributed by atoms with Crippen molar-refractivity contribution in [1.82, 2.24) is 10.6 Å². The van der Waals surface area contributed by atoms with E-state index in [0.29, 0.717) is 0 Å². The standard InChI is InChI=1S/C9H12ClN3S/c1-6(7-2-3-8(10)14-7)13-9-11-4-5-12-9/h2-3,6H,4-5H2,1H3,(H2,11,12,13). The van der Waals surface area contributed by atoms with E-state index in [1.54, 1.807) is 11.3 Å². The SMILES string of the molecule is CC(NC1=NCCN1)c1ccc(Cl)s1. The van der Waals surface area contributed by atoms with Crippen molar-refractivity contribution in [2.45, 2.75) is 13.0 Å². The molecule has 1 aliphatic rings. The third kappa shape index (κ3) is 2.19. The molecule has 0 saturated heterocycles. The van der Waals surface area contributed by atoms with Crippen LogP contribution in [0.5, 0.6) is 0 Å². The van der Waals surface area contributed by atoms with Crippen LogP contribution in [0.2, 0.25) is 4.34 Å². The molecule has 14 heavy (non-hydrogen) atoms. The lowest BCUT2D eigenvalue weighted by atomic mass is 10.3. The monoisotopic (exact) mass is 229 g/mol. The van der Waals surface area contributed by atoms with Crippen molar-refractivity contribution in [2.75, 3.05) is 13.1 Å². The first-order valence-electron chi connectivity index (χ1n) is 4.56. The third-order valence-electron chi connectivity index (χ3n) is 2.05. The lowest BCUT2D eigenvalue weighted by Crippen LogP contribution is -2.35. The zero-order valence-electron chi connectivity index (χ0n) is 7.88. The number of hydrogen-bond donors (Lipinski definition) is 2. The second kappa shape index (κ2) is 4.19. The molecule has 0 aromatic carbocycles. The van der Waals surface area contributed by atoms with Crippen LogP contribution in [0.1, 0.15) is 17.8 Å². The summed E-state index contributed by atoms with van der Waals surface area (Å²) in [5.41, 5.74) is 0. The number of rotatable bonds is 2. The quantitative estimate of drug-likeness (QED) is 0.814. The highest BCUT2D eigenvalue weighted by molar-refractivity contribution is 7.16. The maximum atomic E-state index is 5.87. The first kappa shape index (κ1) is 9.80. The summed E-state index contributed by atoms with van der Waals surface area (Å²) < 4.78 is 0.829. The highest BCUT2D eigenvalue weighted by Gasteiger charge is 2.11. The Bertz CT molecular complexity index is 348. The van der Waals surface area contributed by atoms with Crippen LogP contribution in [0.4, 0.5) is 0 Å². The van der Waals surface area contributed by atoms with Crippen LogP contribution >= 0.6 is 22.9 Å². The van der Waals surface area contributed by atoms with Gasteiger partial charge in [-0.2, -0.15) is 0 Å². The summed E-state index contributed by atoms with van der Waals surface area (Å²) in [6.07, 6.45) is 0. The normalized spacial score (nSPS) is 17.4. The molecule has 76 valence electrons. The molecule has 1 aromatic heterocycles. The van der Waals surface area contributed by atoms with Gasteiger partial charge < -0.3 is 10.6 Å². The van der Waals surface area contributed by atoms with E-state index >= 15 is 0 Å². The molecule has 3 nitrogen and oxygen atoms in total. The van der Waals surface area contributed by atoms with Gasteiger partial charge in [-0.15, -0.1) is 11.3 Å². The van der Waals surface area contributed by atoms with Gasteiger partial charge in [-0.1, -0.05) is 11.6 Å². The minimum absolute atomic E-state index is 0.261. The van der Waals surface area contributed by atoms with Gasteiger partial charge in [0, 0.05) is 11.4 Å². The number of halogens is 1. The average molecular weight is 230 g/mol. The predicted molar refractivity (Wildman–Crippen MR) is 61.2 cm³/mol. The van der Waals surface area contributed by atoms with E-state index < -0.39 is 0 Å². The number of aliphatic imine (C=N–C) groups is 1. The van der Waals surface area contributed by atoms with Crippen molar-refractivity contribution in [3.63, 3.8) is 0 Å². The molecule has 0 radical (unpaired) electrons. The fourth-order valence-electron chi connectivity index (χ4n) is 1.33. The van der Waals surface area contributed by atoms with E-state index in [-0.39, 0.29) is 6.04 Å². The van der Waals surface area contributed by atoms with Gasteiger partial charge >= 0.3 is 0 Å². The van der Waals surface area contributed by atoms with Crippen LogP contribution in [-0.2, 0) is 0 Å². The molecular weight excluding hydrogens is 218 g/mol. The smallest absolute Gasteiger partial charge is 0.191 e. The Balaban J connectivity index is 1.98.